The molecule has 0 saturated carbocycles. The monoisotopic (exact) mass is 394 g/mol. The number of aliphatic imine (C=N–C) groups is 1. The van der Waals surface area contributed by atoms with Gasteiger partial charge in [-0.3, -0.25) is 9.98 Å². The number of guanidine groups is 1. The molecular formula is C16H19IN4. The number of para-hydroxylation sites is 1. The van der Waals surface area contributed by atoms with Gasteiger partial charge in [0, 0.05) is 31.1 Å². The largest absolute Gasteiger partial charge is 0.356 e. The van der Waals surface area contributed by atoms with Gasteiger partial charge in [-0.1, -0.05) is 30.2 Å². The number of fused-ring (bicyclic) bond motifs is 1. The molecule has 0 spiro atoms. The Hall–Kier alpha value is -1.81. The van der Waals surface area contributed by atoms with E-state index in [4.69, 9.17) is 6.42 Å². The Bertz CT molecular complexity index is 646. The first-order valence-electron chi connectivity index (χ1n) is 6.56. The van der Waals surface area contributed by atoms with Crippen molar-refractivity contribution >= 4 is 40.8 Å². The molecule has 1 aromatic heterocycles. The lowest BCUT2D eigenvalue weighted by atomic mass is 10.2. The zero-order valence-electron chi connectivity index (χ0n) is 12.0. The first-order valence-corrected chi connectivity index (χ1v) is 6.56. The number of nitrogens with one attached hydrogen (secondary N) is 2. The van der Waals surface area contributed by atoms with Crippen LogP contribution < -0.4 is 10.6 Å². The average molecular weight is 394 g/mol. The van der Waals surface area contributed by atoms with E-state index in [9.17, 15) is 0 Å². The van der Waals surface area contributed by atoms with Crippen LogP contribution in [0.4, 0.5) is 0 Å². The molecule has 0 saturated heterocycles. The highest BCUT2D eigenvalue weighted by Gasteiger charge is 1.99. The number of benzene rings is 1. The van der Waals surface area contributed by atoms with Gasteiger partial charge in [-0.15, -0.1) is 30.4 Å². The predicted molar refractivity (Wildman–Crippen MR) is 99.1 cm³/mol. The van der Waals surface area contributed by atoms with Gasteiger partial charge in [0.15, 0.2) is 5.96 Å². The second-order valence-electron chi connectivity index (χ2n) is 4.30. The predicted octanol–water partition coefficient (Wildman–Crippen LogP) is 2.19. The summed E-state index contributed by atoms with van der Waals surface area (Å²) >= 11 is 0. The summed E-state index contributed by atoms with van der Waals surface area (Å²) in [7, 11) is 1.72. The smallest absolute Gasteiger partial charge is 0.191 e. The lowest BCUT2D eigenvalue weighted by Gasteiger charge is -2.09. The van der Waals surface area contributed by atoms with E-state index in [1.54, 1.807) is 7.05 Å². The van der Waals surface area contributed by atoms with E-state index >= 15 is 0 Å². The number of pyridine rings is 1. The molecule has 21 heavy (non-hydrogen) atoms. The molecule has 0 aliphatic rings. The quantitative estimate of drug-likeness (QED) is 0.362. The van der Waals surface area contributed by atoms with Crippen molar-refractivity contribution in [3.63, 3.8) is 0 Å². The zero-order chi connectivity index (χ0) is 14.2. The number of aromatic nitrogens is 1. The van der Waals surface area contributed by atoms with Crippen LogP contribution in [0.1, 0.15) is 5.69 Å². The van der Waals surface area contributed by atoms with Crippen LogP contribution in [0.3, 0.4) is 0 Å². The molecule has 0 bridgehead atoms. The normalized spacial score (nSPS) is 10.6. The van der Waals surface area contributed by atoms with Crippen molar-refractivity contribution in [3.05, 3.63) is 42.1 Å². The maximum atomic E-state index is 5.20. The summed E-state index contributed by atoms with van der Waals surface area (Å²) in [6.45, 7) is 1.23. The Kier molecular flexibility index (Phi) is 7.54. The minimum atomic E-state index is 0. The maximum absolute atomic E-state index is 5.20. The highest BCUT2D eigenvalue weighted by Crippen LogP contribution is 2.11. The Labute approximate surface area is 142 Å². The molecule has 5 heteroatoms. The highest BCUT2D eigenvalue weighted by molar-refractivity contribution is 14.0. The molecule has 2 aromatic rings. The molecule has 1 aromatic carbocycles. The van der Waals surface area contributed by atoms with Gasteiger partial charge in [0.2, 0.25) is 0 Å². The van der Waals surface area contributed by atoms with E-state index < -0.39 is 0 Å². The SMILES string of the molecule is C#CCNC(=NC)NCCc1ccc2ccccc2n1.I. The van der Waals surface area contributed by atoms with Crippen molar-refractivity contribution in [1.29, 1.82) is 0 Å². The van der Waals surface area contributed by atoms with E-state index in [1.165, 1.54) is 0 Å². The summed E-state index contributed by atoms with van der Waals surface area (Å²) in [5.41, 5.74) is 2.09. The van der Waals surface area contributed by atoms with E-state index in [1.807, 2.05) is 18.2 Å². The second-order valence-corrected chi connectivity index (χ2v) is 4.30. The number of halogens is 1. The van der Waals surface area contributed by atoms with Gasteiger partial charge in [0.1, 0.15) is 0 Å². The van der Waals surface area contributed by atoms with Crippen LogP contribution in [0.15, 0.2) is 41.4 Å². The topological polar surface area (TPSA) is 49.3 Å². The zero-order valence-corrected chi connectivity index (χ0v) is 14.3. The molecule has 2 N–H and O–H groups in total. The van der Waals surface area contributed by atoms with Gasteiger partial charge < -0.3 is 10.6 Å². The van der Waals surface area contributed by atoms with Crippen LogP contribution >= 0.6 is 24.0 Å². The molecule has 0 atom stereocenters. The maximum Gasteiger partial charge on any atom is 0.191 e. The van der Waals surface area contributed by atoms with Gasteiger partial charge in [-0.2, -0.15) is 0 Å². The third-order valence-electron chi connectivity index (χ3n) is 2.91. The van der Waals surface area contributed by atoms with Crippen LogP contribution in [0.25, 0.3) is 10.9 Å². The van der Waals surface area contributed by atoms with Crippen molar-refractivity contribution < 1.29 is 0 Å². The molecule has 110 valence electrons. The van der Waals surface area contributed by atoms with Crippen molar-refractivity contribution in [1.82, 2.24) is 15.6 Å². The summed E-state index contributed by atoms with van der Waals surface area (Å²) in [6, 6.07) is 12.3. The molecule has 4 nitrogen and oxygen atoms in total. The van der Waals surface area contributed by atoms with Crippen LogP contribution in [0.2, 0.25) is 0 Å². The van der Waals surface area contributed by atoms with E-state index in [0.717, 1.165) is 29.6 Å². The summed E-state index contributed by atoms with van der Waals surface area (Å²) in [5, 5.41) is 7.38. The van der Waals surface area contributed by atoms with Crippen LogP contribution in [-0.4, -0.2) is 31.1 Å². The van der Waals surface area contributed by atoms with Crippen molar-refractivity contribution in [3.8, 4) is 12.3 Å². The van der Waals surface area contributed by atoms with Crippen molar-refractivity contribution in [2.45, 2.75) is 6.42 Å². The Balaban J connectivity index is 0.00000220. The molecule has 0 fully saturated rings. The second kappa shape index (κ2) is 9.19. The van der Waals surface area contributed by atoms with Crippen LogP contribution in [0, 0.1) is 12.3 Å². The van der Waals surface area contributed by atoms with E-state index in [0.29, 0.717) is 12.5 Å². The Morgan fingerprint density at radius 1 is 1.24 bits per heavy atom. The summed E-state index contributed by atoms with van der Waals surface area (Å²) < 4.78 is 0. The van der Waals surface area contributed by atoms with Crippen molar-refractivity contribution in [2.24, 2.45) is 4.99 Å². The third-order valence-corrected chi connectivity index (χ3v) is 2.91. The molecule has 1 heterocycles. The third kappa shape index (κ3) is 5.23. The minimum Gasteiger partial charge on any atom is -0.356 e. The van der Waals surface area contributed by atoms with Gasteiger partial charge in [0.05, 0.1) is 12.1 Å². The Morgan fingerprint density at radius 2 is 2.05 bits per heavy atom. The fourth-order valence-corrected chi connectivity index (χ4v) is 1.91. The highest BCUT2D eigenvalue weighted by atomic mass is 127. The van der Waals surface area contributed by atoms with Crippen LogP contribution in [-0.2, 0) is 6.42 Å². The van der Waals surface area contributed by atoms with Gasteiger partial charge in [-0.05, 0) is 12.1 Å². The van der Waals surface area contributed by atoms with Gasteiger partial charge in [0.25, 0.3) is 0 Å². The lowest BCUT2D eigenvalue weighted by Crippen LogP contribution is -2.38. The first-order chi connectivity index (χ1) is 9.83. The fourth-order valence-electron chi connectivity index (χ4n) is 1.91. The molecule has 0 aliphatic carbocycles. The van der Waals surface area contributed by atoms with E-state index in [-0.39, 0.29) is 24.0 Å². The summed E-state index contributed by atoms with van der Waals surface area (Å²) in [6.07, 6.45) is 6.03. The van der Waals surface area contributed by atoms with E-state index in [2.05, 4.69) is 44.7 Å². The number of hydrogen-bond donors (Lipinski definition) is 2. The molecule has 0 aliphatic heterocycles. The lowest BCUT2D eigenvalue weighted by molar-refractivity contribution is 0.811. The molecule has 0 unspecified atom stereocenters. The summed E-state index contributed by atoms with van der Waals surface area (Å²) in [5.74, 6) is 3.23. The molecule has 0 amide bonds. The van der Waals surface area contributed by atoms with Gasteiger partial charge in [-0.25, -0.2) is 0 Å². The first kappa shape index (κ1) is 17.2. The van der Waals surface area contributed by atoms with Crippen LogP contribution in [0.5, 0.6) is 0 Å². The number of terminal acetylenes is 1. The minimum absolute atomic E-state index is 0. The molecular weight excluding hydrogens is 375 g/mol. The molecule has 2 rings (SSSR count). The number of nitrogens with zero attached hydrogens (tertiary/aromatic N) is 2. The average Bonchev–Trinajstić information content (AvgIpc) is 2.50. The van der Waals surface area contributed by atoms with Crippen molar-refractivity contribution in [2.75, 3.05) is 20.1 Å². The van der Waals surface area contributed by atoms with Gasteiger partial charge >= 0.3 is 0 Å². The number of hydrogen-bond acceptors (Lipinski definition) is 2. The standard InChI is InChI=1S/C16H18N4.HI/c1-3-11-18-16(17-2)19-12-10-14-9-8-13-6-4-5-7-15(13)20-14;/h1,4-9H,10-12H2,2H3,(H2,17,18,19);1H. The fraction of sp³-hybridized carbons (Fsp3) is 0.250. The molecule has 0 radical (unpaired) electrons. The number of rotatable bonds is 4. The summed E-state index contributed by atoms with van der Waals surface area (Å²) in [4.78, 5) is 8.71. The Morgan fingerprint density at radius 3 is 2.81 bits per heavy atom.